The molecule has 1 aromatic rings. The van der Waals surface area contributed by atoms with Crippen molar-refractivity contribution in [2.75, 3.05) is 13.2 Å². The topological polar surface area (TPSA) is 40.6 Å². The van der Waals surface area contributed by atoms with E-state index in [1.54, 1.807) is 0 Å². The fourth-order valence-electron chi connectivity index (χ4n) is 1.96. The molecule has 88 valence electrons. The normalized spacial score (nSPS) is 24.6. The molecule has 3 heterocycles. The number of aromatic nitrogens is 1. The van der Waals surface area contributed by atoms with E-state index in [9.17, 15) is 0 Å². The predicted molar refractivity (Wildman–Crippen MR) is 60.1 cm³/mol. The van der Waals surface area contributed by atoms with Crippen molar-refractivity contribution in [1.29, 1.82) is 0 Å². The summed E-state index contributed by atoms with van der Waals surface area (Å²) in [7, 11) is 0. The molecular weight excluding hydrogens is 226 g/mol. The summed E-state index contributed by atoms with van der Waals surface area (Å²) in [6.45, 7) is 1.60. The molecule has 0 aromatic carbocycles. The molecule has 0 amide bonds. The summed E-state index contributed by atoms with van der Waals surface area (Å²) < 4.78 is 16.8. The summed E-state index contributed by atoms with van der Waals surface area (Å²) >= 11 is 1.49. The Morgan fingerprint density at radius 3 is 3.06 bits per heavy atom. The van der Waals surface area contributed by atoms with Gasteiger partial charge in [0.15, 0.2) is 0 Å². The highest BCUT2D eigenvalue weighted by Gasteiger charge is 2.21. The van der Waals surface area contributed by atoms with E-state index < -0.39 is 0 Å². The van der Waals surface area contributed by atoms with Crippen LogP contribution in [0.4, 0.5) is 0 Å². The van der Waals surface area contributed by atoms with E-state index in [1.807, 2.05) is 0 Å². The van der Waals surface area contributed by atoms with Crippen molar-refractivity contribution < 1.29 is 14.2 Å². The summed E-state index contributed by atoms with van der Waals surface area (Å²) in [5.74, 6) is 0. The zero-order valence-electron chi connectivity index (χ0n) is 9.11. The number of nitrogens with zero attached hydrogens (tertiary/aromatic N) is 1. The number of rotatable bonds is 2. The highest BCUT2D eigenvalue weighted by molar-refractivity contribution is 7.15. The third-order valence-corrected chi connectivity index (χ3v) is 3.70. The molecule has 1 fully saturated rings. The second-order valence-corrected chi connectivity index (χ2v) is 5.00. The van der Waals surface area contributed by atoms with Gasteiger partial charge in [-0.2, -0.15) is 0 Å². The van der Waals surface area contributed by atoms with E-state index in [0.717, 1.165) is 49.7 Å². The maximum absolute atomic E-state index is 5.71. The molecule has 0 bridgehead atoms. The van der Waals surface area contributed by atoms with Gasteiger partial charge in [0.25, 0.3) is 5.19 Å². The number of aryl methyl sites for hydroxylation is 1. The van der Waals surface area contributed by atoms with Crippen molar-refractivity contribution in [2.45, 2.75) is 38.4 Å². The van der Waals surface area contributed by atoms with Crippen LogP contribution in [0.25, 0.3) is 0 Å². The first-order chi connectivity index (χ1) is 7.92. The lowest BCUT2D eigenvalue weighted by molar-refractivity contribution is -0.105. The van der Waals surface area contributed by atoms with Crippen molar-refractivity contribution in [2.24, 2.45) is 0 Å². The fourth-order valence-corrected chi connectivity index (χ4v) is 2.84. The van der Waals surface area contributed by atoms with Crippen LogP contribution >= 0.6 is 11.3 Å². The minimum absolute atomic E-state index is 0.110. The average molecular weight is 241 g/mol. The Hall–Kier alpha value is -0.810. The van der Waals surface area contributed by atoms with Crippen molar-refractivity contribution >= 4 is 11.3 Å². The van der Waals surface area contributed by atoms with Crippen LogP contribution in [0.5, 0.6) is 10.3 Å². The first-order valence-electron chi connectivity index (χ1n) is 5.82. The largest absolute Gasteiger partial charge is 0.482 e. The van der Waals surface area contributed by atoms with E-state index >= 15 is 0 Å². The fraction of sp³-hybridized carbons (Fsp3) is 0.727. The summed E-state index contributed by atoms with van der Waals surface area (Å²) in [5, 5.41) is 1.62. The zero-order chi connectivity index (χ0) is 10.8. The zero-order valence-corrected chi connectivity index (χ0v) is 9.92. The highest BCUT2D eigenvalue weighted by Crippen LogP contribution is 2.36. The van der Waals surface area contributed by atoms with E-state index in [2.05, 4.69) is 4.98 Å². The molecule has 3 rings (SSSR count). The molecule has 2 aliphatic heterocycles. The molecule has 16 heavy (non-hydrogen) atoms. The molecule has 1 atom stereocenters. The molecule has 4 nitrogen and oxygen atoms in total. The minimum Gasteiger partial charge on any atom is -0.482 e. The number of thiazole rings is 1. The molecule has 0 N–H and O–H groups in total. The molecule has 5 heteroatoms. The summed E-state index contributed by atoms with van der Waals surface area (Å²) in [6.07, 6.45) is 5.22. The third kappa shape index (κ3) is 2.15. The van der Waals surface area contributed by atoms with Gasteiger partial charge >= 0.3 is 0 Å². The van der Waals surface area contributed by atoms with Crippen LogP contribution in [0.3, 0.4) is 0 Å². The molecule has 2 aliphatic rings. The molecule has 0 spiro atoms. The molecule has 1 aromatic heterocycles. The maximum Gasteiger partial charge on any atom is 0.279 e. The second kappa shape index (κ2) is 4.59. The minimum atomic E-state index is -0.110. The Labute approximate surface area is 98.5 Å². The number of ether oxygens (including phenoxy) is 3. The summed E-state index contributed by atoms with van der Waals surface area (Å²) in [5.41, 5.74) is 1.04. The van der Waals surface area contributed by atoms with Crippen molar-refractivity contribution in [1.82, 2.24) is 4.98 Å². The van der Waals surface area contributed by atoms with Crippen LogP contribution in [-0.4, -0.2) is 24.5 Å². The van der Waals surface area contributed by atoms with E-state index in [1.165, 1.54) is 17.8 Å². The third-order valence-electron chi connectivity index (χ3n) is 2.80. The van der Waals surface area contributed by atoms with Crippen LogP contribution in [0.15, 0.2) is 0 Å². The van der Waals surface area contributed by atoms with Gasteiger partial charge in [0.2, 0.25) is 11.4 Å². The lowest BCUT2D eigenvalue weighted by Gasteiger charge is -2.21. The lowest BCUT2D eigenvalue weighted by atomic mass is 10.2. The smallest absolute Gasteiger partial charge is 0.279 e. The quantitative estimate of drug-likeness (QED) is 0.797. The van der Waals surface area contributed by atoms with E-state index in [0.29, 0.717) is 5.19 Å². The SMILES string of the molecule is C1CCC(Oc2nc3c(s2)OCCC3)OC1. The molecule has 1 saturated heterocycles. The van der Waals surface area contributed by atoms with Gasteiger partial charge in [-0.05, 0) is 37.0 Å². The predicted octanol–water partition coefficient (Wildman–Crippen LogP) is 2.37. The first kappa shape index (κ1) is 10.4. The van der Waals surface area contributed by atoms with Gasteiger partial charge < -0.3 is 14.2 Å². The van der Waals surface area contributed by atoms with E-state index in [4.69, 9.17) is 14.2 Å². The lowest BCUT2D eigenvalue weighted by Crippen LogP contribution is -2.24. The monoisotopic (exact) mass is 241 g/mol. The van der Waals surface area contributed by atoms with Crippen molar-refractivity contribution in [3.8, 4) is 10.3 Å². The molecule has 0 radical (unpaired) electrons. The Kier molecular flexibility index (Phi) is 2.97. The van der Waals surface area contributed by atoms with Gasteiger partial charge in [-0.1, -0.05) is 0 Å². The number of hydrogen-bond acceptors (Lipinski definition) is 5. The number of fused-ring (bicyclic) bond motifs is 1. The highest BCUT2D eigenvalue weighted by atomic mass is 32.1. The van der Waals surface area contributed by atoms with Crippen molar-refractivity contribution in [3.63, 3.8) is 0 Å². The van der Waals surface area contributed by atoms with Gasteiger partial charge in [0.05, 0.1) is 18.9 Å². The molecule has 1 unspecified atom stereocenters. The second-order valence-electron chi connectivity index (χ2n) is 4.08. The van der Waals surface area contributed by atoms with Crippen LogP contribution in [0, 0.1) is 0 Å². The van der Waals surface area contributed by atoms with Crippen LogP contribution in [0.1, 0.15) is 31.4 Å². The first-order valence-corrected chi connectivity index (χ1v) is 6.64. The van der Waals surface area contributed by atoms with Crippen LogP contribution in [-0.2, 0) is 11.2 Å². The Morgan fingerprint density at radius 1 is 1.25 bits per heavy atom. The van der Waals surface area contributed by atoms with Crippen LogP contribution in [0.2, 0.25) is 0 Å². The number of hydrogen-bond donors (Lipinski definition) is 0. The standard InChI is InChI=1S/C11H15NO3S/c1-2-6-13-9(5-1)15-11-12-8-4-3-7-14-10(8)16-11/h9H,1-7H2. The molecular formula is C11H15NO3S. The Bertz CT molecular complexity index is 337. The summed E-state index contributed by atoms with van der Waals surface area (Å²) in [6, 6.07) is 0. The van der Waals surface area contributed by atoms with Gasteiger partial charge in [0.1, 0.15) is 0 Å². The van der Waals surface area contributed by atoms with Crippen LogP contribution < -0.4 is 9.47 Å². The molecule has 0 saturated carbocycles. The van der Waals surface area contributed by atoms with Gasteiger partial charge in [-0.25, -0.2) is 4.98 Å². The van der Waals surface area contributed by atoms with Crippen molar-refractivity contribution in [3.05, 3.63) is 5.69 Å². The Balaban J connectivity index is 1.67. The van der Waals surface area contributed by atoms with Gasteiger partial charge in [-0.3, -0.25) is 0 Å². The average Bonchev–Trinajstić information content (AvgIpc) is 2.72. The Morgan fingerprint density at radius 2 is 2.25 bits per heavy atom. The van der Waals surface area contributed by atoms with Gasteiger partial charge in [0, 0.05) is 6.42 Å². The maximum atomic E-state index is 5.71. The van der Waals surface area contributed by atoms with Gasteiger partial charge in [-0.15, -0.1) is 0 Å². The summed E-state index contributed by atoms with van der Waals surface area (Å²) in [4.78, 5) is 4.44. The van der Waals surface area contributed by atoms with E-state index in [-0.39, 0.29) is 6.29 Å². The molecule has 0 aliphatic carbocycles.